The van der Waals surface area contributed by atoms with Crippen molar-refractivity contribution in [2.75, 3.05) is 5.32 Å². The van der Waals surface area contributed by atoms with Crippen molar-refractivity contribution in [3.05, 3.63) is 60.5 Å². The lowest BCUT2D eigenvalue weighted by molar-refractivity contribution is -0.132. The quantitative estimate of drug-likeness (QED) is 0.227. The van der Waals surface area contributed by atoms with E-state index in [2.05, 4.69) is 37.2 Å². The minimum atomic E-state index is -0.641. The van der Waals surface area contributed by atoms with Crippen molar-refractivity contribution in [1.29, 1.82) is 5.26 Å². The molecule has 0 aliphatic rings. The lowest BCUT2D eigenvalue weighted by atomic mass is 10.1. The van der Waals surface area contributed by atoms with Crippen LogP contribution < -0.4 is 10.1 Å². The Hall–Kier alpha value is -1.85. The van der Waals surface area contributed by atoms with E-state index in [0.29, 0.717) is 36.0 Å². The first-order valence-corrected chi connectivity index (χ1v) is 9.61. The van der Waals surface area contributed by atoms with Gasteiger partial charge in [-0.05, 0) is 73.8 Å². The molecule has 138 valence electrons. The molecule has 0 aliphatic carbocycles. The summed E-state index contributed by atoms with van der Waals surface area (Å²) in [7, 11) is 0. The Kier molecular flexibility index (Phi) is 7.45. The first-order valence-electron chi connectivity index (χ1n) is 7.27. The van der Waals surface area contributed by atoms with E-state index in [1.54, 1.807) is 18.2 Å². The summed E-state index contributed by atoms with van der Waals surface area (Å²) < 4.78 is 6.05. The van der Waals surface area contributed by atoms with Crippen molar-refractivity contribution in [3.8, 4) is 11.8 Å². The Balaban J connectivity index is 2.32. The maximum Gasteiger partial charge on any atom is 0.308 e. The number of ether oxygens (including phenoxy) is 1. The van der Waals surface area contributed by atoms with E-state index in [1.807, 2.05) is 6.07 Å². The van der Waals surface area contributed by atoms with Crippen LogP contribution in [0.3, 0.4) is 0 Å². The summed E-state index contributed by atoms with van der Waals surface area (Å²) in [6.07, 6.45) is 1.39. The highest BCUT2D eigenvalue weighted by molar-refractivity contribution is 9.11. The maximum atomic E-state index is 12.4. The van der Waals surface area contributed by atoms with Gasteiger partial charge in [0.05, 0.1) is 19.7 Å². The van der Waals surface area contributed by atoms with Crippen molar-refractivity contribution < 1.29 is 14.3 Å². The summed E-state index contributed by atoms with van der Waals surface area (Å²) in [4.78, 5) is 23.5. The highest BCUT2D eigenvalue weighted by Crippen LogP contribution is 2.35. The number of halogens is 4. The highest BCUT2D eigenvalue weighted by Gasteiger charge is 2.14. The molecule has 0 fully saturated rings. The van der Waals surface area contributed by atoms with Crippen LogP contribution in [-0.2, 0) is 9.59 Å². The molecule has 1 N–H and O–H groups in total. The fourth-order valence-electron chi connectivity index (χ4n) is 2.00. The maximum absolute atomic E-state index is 12.4. The van der Waals surface area contributed by atoms with Gasteiger partial charge in [-0.2, -0.15) is 5.26 Å². The van der Waals surface area contributed by atoms with Gasteiger partial charge in [0.1, 0.15) is 11.6 Å². The van der Waals surface area contributed by atoms with Crippen LogP contribution in [0, 0.1) is 11.3 Å². The molecule has 0 heterocycles. The molecule has 0 atom stereocenters. The predicted molar refractivity (Wildman–Crippen MR) is 112 cm³/mol. The fourth-order valence-corrected chi connectivity index (χ4v) is 3.72. The van der Waals surface area contributed by atoms with Crippen molar-refractivity contribution in [2.24, 2.45) is 0 Å². The molecular formula is C18H10Br2Cl2N2O3. The highest BCUT2D eigenvalue weighted by atomic mass is 79.9. The smallest absolute Gasteiger partial charge is 0.308 e. The number of carbonyl (C=O) groups is 2. The number of benzene rings is 2. The number of nitriles is 1. The number of nitrogens with zero attached hydrogens (tertiary/aromatic N) is 1. The Morgan fingerprint density at radius 2 is 1.81 bits per heavy atom. The monoisotopic (exact) mass is 530 g/mol. The summed E-state index contributed by atoms with van der Waals surface area (Å²) in [6, 6.07) is 9.68. The second-order valence-corrected chi connectivity index (χ2v) is 7.71. The molecule has 0 saturated heterocycles. The van der Waals surface area contributed by atoms with E-state index in [-0.39, 0.29) is 5.57 Å². The Morgan fingerprint density at radius 1 is 1.19 bits per heavy atom. The van der Waals surface area contributed by atoms with Gasteiger partial charge in [0.25, 0.3) is 5.91 Å². The lowest BCUT2D eigenvalue weighted by Crippen LogP contribution is -2.13. The van der Waals surface area contributed by atoms with Gasteiger partial charge in [-0.25, -0.2) is 0 Å². The van der Waals surface area contributed by atoms with E-state index in [1.165, 1.54) is 25.1 Å². The summed E-state index contributed by atoms with van der Waals surface area (Å²) in [6.45, 7) is 1.28. The second-order valence-electron chi connectivity index (χ2n) is 5.16. The van der Waals surface area contributed by atoms with Gasteiger partial charge in [-0.15, -0.1) is 0 Å². The van der Waals surface area contributed by atoms with Crippen molar-refractivity contribution in [2.45, 2.75) is 6.92 Å². The summed E-state index contributed by atoms with van der Waals surface area (Å²) >= 11 is 18.5. The number of anilines is 1. The van der Waals surface area contributed by atoms with E-state index in [9.17, 15) is 14.9 Å². The number of hydrogen-bond donors (Lipinski definition) is 1. The second kappa shape index (κ2) is 9.38. The van der Waals surface area contributed by atoms with Gasteiger partial charge in [0.15, 0.2) is 5.75 Å². The van der Waals surface area contributed by atoms with Gasteiger partial charge < -0.3 is 10.1 Å². The molecule has 2 rings (SSSR count). The molecule has 2 aromatic carbocycles. The molecule has 5 nitrogen and oxygen atoms in total. The lowest BCUT2D eigenvalue weighted by Gasteiger charge is -2.09. The average Bonchev–Trinajstić information content (AvgIpc) is 2.59. The number of amides is 1. The molecule has 2 aromatic rings. The molecule has 0 aliphatic heterocycles. The van der Waals surface area contributed by atoms with Gasteiger partial charge in [-0.3, -0.25) is 9.59 Å². The largest absolute Gasteiger partial charge is 0.424 e. The Bertz CT molecular complexity index is 978. The van der Waals surface area contributed by atoms with Crippen LogP contribution >= 0.6 is 55.1 Å². The minimum Gasteiger partial charge on any atom is -0.424 e. The van der Waals surface area contributed by atoms with Gasteiger partial charge in [0.2, 0.25) is 0 Å². The van der Waals surface area contributed by atoms with Crippen molar-refractivity contribution in [3.63, 3.8) is 0 Å². The fraction of sp³-hybridized carbons (Fsp3) is 0.0556. The SMILES string of the molecule is CC(=O)Oc1c(Br)cc(/C=C(/C#N)C(=O)Nc2cc(Cl)ccc2Cl)cc1Br. The van der Waals surface area contributed by atoms with Gasteiger partial charge in [0, 0.05) is 11.9 Å². The van der Waals surface area contributed by atoms with Crippen LogP contribution in [0.5, 0.6) is 5.75 Å². The normalized spacial score (nSPS) is 10.9. The van der Waals surface area contributed by atoms with E-state index in [4.69, 9.17) is 27.9 Å². The van der Waals surface area contributed by atoms with E-state index in [0.717, 1.165) is 0 Å². The first kappa shape index (κ1) is 21.5. The van der Waals surface area contributed by atoms with Crippen LogP contribution in [-0.4, -0.2) is 11.9 Å². The molecule has 0 unspecified atom stereocenters. The minimum absolute atomic E-state index is 0.148. The van der Waals surface area contributed by atoms with E-state index < -0.39 is 11.9 Å². The zero-order valence-electron chi connectivity index (χ0n) is 13.6. The third-order valence-electron chi connectivity index (χ3n) is 3.12. The number of carbonyl (C=O) groups excluding carboxylic acids is 2. The number of nitrogens with one attached hydrogen (secondary N) is 1. The Morgan fingerprint density at radius 3 is 2.37 bits per heavy atom. The van der Waals surface area contributed by atoms with Gasteiger partial charge in [-0.1, -0.05) is 23.2 Å². The van der Waals surface area contributed by atoms with Crippen LogP contribution in [0.1, 0.15) is 12.5 Å². The first-order chi connectivity index (χ1) is 12.7. The summed E-state index contributed by atoms with van der Waals surface area (Å²) in [5.74, 6) is -0.818. The molecule has 1 amide bonds. The molecule has 0 bridgehead atoms. The van der Waals surface area contributed by atoms with Crippen molar-refractivity contribution >= 4 is 78.7 Å². The standard InChI is InChI=1S/C18H10Br2Cl2N2O3/c1-9(25)27-17-13(19)5-10(6-14(17)20)4-11(8-23)18(26)24-16-7-12(21)2-3-15(16)22/h2-7H,1H3,(H,24,26)/b11-4-. The third kappa shape index (κ3) is 5.81. The van der Waals surface area contributed by atoms with Crippen LogP contribution in [0.15, 0.2) is 44.9 Å². The molecule has 9 heteroatoms. The van der Waals surface area contributed by atoms with Crippen molar-refractivity contribution in [1.82, 2.24) is 0 Å². The summed E-state index contributed by atoms with van der Waals surface area (Å²) in [5.41, 5.74) is 0.682. The topological polar surface area (TPSA) is 79.2 Å². The Labute approximate surface area is 182 Å². The summed E-state index contributed by atoms with van der Waals surface area (Å²) in [5, 5.41) is 12.6. The molecule has 0 spiro atoms. The van der Waals surface area contributed by atoms with Crippen LogP contribution in [0.4, 0.5) is 5.69 Å². The number of esters is 1. The van der Waals surface area contributed by atoms with E-state index >= 15 is 0 Å². The third-order valence-corrected chi connectivity index (χ3v) is 4.86. The van der Waals surface area contributed by atoms with Crippen LogP contribution in [0.2, 0.25) is 10.0 Å². The zero-order valence-corrected chi connectivity index (χ0v) is 18.3. The van der Waals surface area contributed by atoms with Gasteiger partial charge >= 0.3 is 5.97 Å². The average molecular weight is 533 g/mol. The zero-order chi connectivity index (χ0) is 20.1. The molecule has 0 radical (unpaired) electrons. The van der Waals surface area contributed by atoms with Crippen LogP contribution in [0.25, 0.3) is 6.08 Å². The number of rotatable bonds is 4. The molecular weight excluding hydrogens is 523 g/mol. The molecule has 27 heavy (non-hydrogen) atoms. The predicted octanol–water partition coefficient (Wildman–Crippen LogP) is 5.99. The number of hydrogen-bond acceptors (Lipinski definition) is 4. The molecule has 0 saturated carbocycles. The molecule has 0 aromatic heterocycles.